The Morgan fingerprint density at radius 2 is 2.00 bits per heavy atom. The van der Waals surface area contributed by atoms with Crippen LogP contribution in [0.4, 0.5) is 19.0 Å². The topological polar surface area (TPSA) is 85.9 Å². The van der Waals surface area contributed by atoms with Crippen LogP contribution in [-0.4, -0.2) is 59.0 Å². The molecule has 4 rings (SSSR count). The summed E-state index contributed by atoms with van der Waals surface area (Å²) in [4.78, 5) is 26.7. The van der Waals surface area contributed by atoms with Crippen LogP contribution >= 0.6 is 12.4 Å². The van der Waals surface area contributed by atoms with Crippen LogP contribution in [-0.2, 0) is 6.18 Å². The number of nitrogens with zero attached hydrogens (tertiary/aromatic N) is 3. The maximum absolute atomic E-state index is 13.0. The second-order valence-corrected chi connectivity index (χ2v) is 9.05. The van der Waals surface area contributed by atoms with E-state index in [0.29, 0.717) is 28.8 Å². The second kappa shape index (κ2) is 11.3. The fourth-order valence-corrected chi connectivity index (χ4v) is 4.27. The van der Waals surface area contributed by atoms with Crippen LogP contribution in [0.2, 0.25) is 0 Å². The predicted molar refractivity (Wildman–Crippen MR) is 132 cm³/mol. The Morgan fingerprint density at radius 1 is 1.20 bits per heavy atom. The molecule has 0 bridgehead atoms. The summed E-state index contributed by atoms with van der Waals surface area (Å²) in [6.45, 7) is 1.63. The number of benzene rings is 1. The van der Waals surface area contributed by atoms with Gasteiger partial charge in [0.1, 0.15) is 11.6 Å². The number of fused-ring (bicyclic) bond motifs is 1. The van der Waals surface area contributed by atoms with Crippen LogP contribution in [0.15, 0.2) is 36.5 Å². The number of H-pyrrole nitrogens is 1. The molecule has 0 radical (unpaired) electrons. The van der Waals surface area contributed by atoms with Crippen LogP contribution in [0.3, 0.4) is 0 Å². The molecule has 2 atom stereocenters. The number of carbonyl (C=O) groups excluding carboxylic acids is 1. The molecule has 1 saturated carbocycles. The number of hydrogen-bond acceptors (Lipinski definition) is 5. The van der Waals surface area contributed by atoms with Gasteiger partial charge in [-0.3, -0.25) is 4.79 Å². The lowest BCUT2D eigenvalue weighted by molar-refractivity contribution is -0.137. The van der Waals surface area contributed by atoms with Gasteiger partial charge in [0.05, 0.1) is 22.2 Å². The summed E-state index contributed by atoms with van der Waals surface area (Å²) in [5, 5.41) is 6.29. The summed E-state index contributed by atoms with van der Waals surface area (Å²) in [5.74, 6) is 1.25. The molecule has 0 aliphatic heterocycles. The number of pyridine rings is 1. The number of rotatable bonds is 7. The summed E-state index contributed by atoms with van der Waals surface area (Å²) in [6.07, 6.45) is 0.447. The molecule has 0 saturated heterocycles. The normalized spacial score (nSPS) is 18.3. The maximum atomic E-state index is 13.0. The number of nitrogens with one attached hydrogen (secondary N) is 3. The average molecular weight is 511 g/mol. The first-order chi connectivity index (χ1) is 16.2. The largest absolute Gasteiger partial charge is 0.416 e. The van der Waals surface area contributed by atoms with Crippen molar-refractivity contribution in [2.45, 2.75) is 43.8 Å². The van der Waals surface area contributed by atoms with Gasteiger partial charge < -0.3 is 20.5 Å². The van der Waals surface area contributed by atoms with Crippen molar-refractivity contribution in [1.29, 1.82) is 0 Å². The molecule has 1 aliphatic rings. The van der Waals surface area contributed by atoms with E-state index in [1.165, 1.54) is 6.07 Å². The fourth-order valence-electron chi connectivity index (χ4n) is 4.27. The number of aromatic nitrogens is 3. The van der Waals surface area contributed by atoms with Crippen molar-refractivity contribution < 1.29 is 18.0 Å². The standard InChI is InChI=1S/C24H29F3N6O.ClH/c1-33(2)11-10-28-21-9-6-16(14-29-21)23(34)30-18-5-3-4-15(12-18)22-31-19-8-7-17(24(25,26)27)13-20(19)32-22;/h6-9,13-15,18H,3-5,10-12H2,1-2H3,(H,28,29)(H,30,34)(H,31,32);1H/t15-,18+;/m0./s1. The zero-order valence-electron chi connectivity index (χ0n) is 19.7. The van der Waals surface area contributed by atoms with Crippen molar-refractivity contribution in [3.63, 3.8) is 0 Å². The predicted octanol–water partition coefficient (Wildman–Crippen LogP) is 4.83. The number of imidazole rings is 1. The number of anilines is 1. The van der Waals surface area contributed by atoms with Gasteiger partial charge in [0.15, 0.2) is 0 Å². The van der Waals surface area contributed by atoms with Crippen LogP contribution in [0, 0.1) is 0 Å². The Hall–Kier alpha value is -2.85. The van der Waals surface area contributed by atoms with Gasteiger partial charge in [-0.05, 0) is 63.7 Å². The Kier molecular flexibility index (Phi) is 8.60. The van der Waals surface area contributed by atoms with Gasteiger partial charge >= 0.3 is 6.18 Å². The molecule has 3 N–H and O–H groups in total. The number of amides is 1. The molecule has 1 aliphatic carbocycles. The van der Waals surface area contributed by atoms with Gasteiger partial charge in [-0.2, -0.15) is 13.2 Å². The van der Waals surface area contributed by atoms with Crippen molar-refractivity contribution in [2.24, 2.45) is 0 Å². The zero-order chi connectivity index (χ0) is 24.3. The van der Waals surface area contributed by atoms with Crippen LogP contribution in [0.25, 0.3) is 11.0 Å². The molecule has 35 heavy (non-hydrogen) atoms. The highest BCUT2D eigenvalue weighted by Gasteiger charge is 2.31. The fraction of sp³-hybridized carbons (Fsp3) is 0.458. The Morgan fingerprint density at radius 3 is 2.69 bits per heavy atom. The van der Waals surface area contributed by atoms with Crippen molar-refractivity contribution in [1.82, 2.24) is 25.2 Å². The van der Waals surface area contributed by atoms with Crippen molar-refractivity contribution in [3.05, 3.63) is 53.5 Å². The number of aromatic amines is 1. The van der Waals surface area contributed by atoms with Crippen molar-refractivity contribution >= 4 is 35.2 Å². The Bertz CT molecular complexity index is 1130. The minimum absolute atomic E-state index is 0. The molecule has 1 fully saturated rings. The van der Waals surface area contributed by atoms with Gasteiger partial charge in [-0.25, -0.2) is 9.97 Å². The summed E-state index contributed by atoms with van der Waals surface area (Å²) >= 11 is 0. The number of halogens is 4. The molecule has 0 spiro atoms. The Labute approximate surface area is 208 Å². The number of hydrogen-bond donors (Lipinski definition) is 3. The van der Waals surface area contributed by atoms with Gasteiger partial charge in [0.2, 0.25) is 0 Å². The molecule has 1 aromatic carbocycles. The van der Waals surface area contributed by atoms with Crippen molar-refractivity contribution in [3.8, 4) is 0 Å². The number of likely N-dealkylation sites (N-methyl/N-ethyl adjacent to an activating group) is 1. The highest BCUT2D eigenvalue weighted by molar-refractivity contribution is 5.94. The molecule has 7 nitrogen and oxygen atoms in total. The molecular formula is C24H30ClF3N6O. The first-order valence-corrected chi connectivity index (χ1v) is 11.4. The monoisotopic (exact) mass is 510 g/mol. The van der Waals surface area contributed by atoms with Crippen LogP contribution in [0.1, 0.15) is 53.3 Å². The third-order valence-electron chi connectivity index (χ3n) is 6.12. The summed E-state index contributed by atoms with van der Waals surface area (Å²) in [6, 6.07) is 7.05. The lowest BCUT2D eigenvalue weighted by Crippen LogP contribution is -2.38. The third-order valence-corrected chi connectivity index (χ3v) is 6.12. The van der Waals surface area contributed by atoms with Crippen LogP contribution < -0.4 is 10.6 Å². The van der Waals surface area contributed by atoms with Gasteiger partial charge in [-0.1, -0.05) is 6.42 Å². The molecule has 2 aromatic heterocycles. The van der Waals surface area contributed by atoms with Gasteiger partial charge in [0.25, 0.3) is 5.91 Å². The number of alkyl halides is 3. The van der Waals surface area contributed by atoms with Gasteiger partial charge in [-0.15, -0.1) is 12.4 Å². The highest BCUT2D eigenvalue weighted by atomic mass is 35.5. The first kappa shape index (κ1) is 26.7. The first-order valence-electron chi connectivity index (χ1n) is 11.4. The molecule has 2 heterocycles. The molecule has 3 aromatic rings. The lowest BCUT2D eigenvalue weighted by atomic mass is 9.85. The van der Waals surface area contributed by atoms with Crippen LogP contribution in [0.5, 0.6) is 0 Å². The van der Waals surface area contributed by atoms with E-state index in [1.807, 2.05) is 14.1 Å². The lowest BCUT2D eigenvalue weighted by Gasteiger charge is -2.28. The molecular weight excluding hydrogens is 481 g/mol. The van der Waals surface area contributed by atoms with Gasteiger partial charge in [0, 0.05) is 31.2 Å². The highest BCUT2D eigenvalue weighted by Crippen LogP contribution is 2.34. The molecule has 0 unspecified atom stereocenters. The van der Waals surface area contributed by atoms with E-state index >= 15 is 0 Å². The third kappa shape index (κ3) is 6.85. The average Bonchev–Trinajstić information content (AvgIpc) is 3.22. The minimum Gasteiger partial charge on any atom is -0.369 e. The molecule has 190 valence electrons. The van der Waals surface area contributed by atoms with E-state index in [0.717, 1.165) is 50.3 Å². The molecule has 11 heteroatoms. The summed E-state index contributed by atoms with van der Waals surface area (Å²) in [7, 11) is 3.99. The van der Waals surface area contributed by atoms with Crippen molar-refractivity contribution in [2.75, 3.05) is 32.5 Å². The van der Waals surface area contributed by atoms with E-state index < -0.39 is 11.7 Å². The maximum Gasteiger partial charge on any atom is 0.416 e. The SMILES string of the molecule is CN(C)CCNc1ccc(C(=O)N[C@@H]2CCC[C@H](c3nc4cc(C(F)(F)F)ccc4[nH]3)C2)cn1.Cl. The number of carbonyl (C=O) groups is 1. The van der Waals surface area contributed by atoms with E-state index in [4.69, 9.17) is 0 Å². The quantitative estimate of drug-likeness (QED) is 0.424. The van der Waals surface area contributed by atoms with E-state index in [9.17, 15) is 18.0 Å². The summed E-state index contributed by atoms with van der Waals surface area (Å²) < 4.78 is 39.0. The van der Waals surface area contributed by atoms with E-state index in [1.54, 1.807) is 18.3 Å². The Balaban J connectivity index is 0.00000342. The van der Waals surface area contributed by atoms with E-state index in [2.05, 4.69) is 30.5 Å². The van der Waals surface area contributed by atoms with E-state index in [-0.39, 0.29) is 30.3 Å². The second-order valence-electron chi connectivity index (χ2n) is 9.05. The molecule has 1 amide bonds. The smallest absolute Gasteiger partial charge is 0.369 e. The summed E-state index contributed by atoms with van der Waals surface area (Å²) in [5.41, 5.74) is 0.670. The zero-order valence-corrected chi connectivity index (χ0v) is 20.5. The minimum atomic E-state index is -4.40.